The lowest BCUT2D eigenvalue weighted by molar-refractivity contribution is 0.601. The van der Waals surface area contributed by atoms with E-state index in [-0.39, 0.29) is 4.90 Å². The maximum absolute atomic E-state index is 12.6. The van der Waals surface area contributed by atoms with Crippen LogP contribution in [0, 0.1) is 13.8 Å². The smallest absolute Gasteiger partial charge is 0.261 e. The van der Waals surface area contributed by atoms with Crippen LogP contribution in [0.2, 0.25) is 0 Å². The first-order valence-electron chi connectivity index (χ1n) is 7.52. The Kier molecular flexibility index (Phi) is 4.85. The van der Waals surface area contributed by atoms with Crippen LogP contribution in [0.5, 0.6) is 0 Å². The summed E-state index contributed by atoms with van der Waals surface area (Å²) in [5.41, 5.74) is 3.30. The molecule has 1 N–H and O–H groups in total. The van der Waals surface area contributed by atoms with Crippen LogP contribution in [0.1, 0.15) is 18.1 Å². The van der Waals surface area contributed by atoms with Crippen LogP contribution in [-0.4, -0.2) is 19.2 Å². The molecule has 0 aliphatic rings. The molecule has 1 heterocycles. The van der Waals surface area contributed by atoms with Crippen molar-refractivity contribution in [1.29, 1.82) is 0 Å². The average molecular weight is 379 g/mol. The third-order valence-corrected chi connectivity index (χ3v) is 6.80. The van der Waals surface area contributed by atoms with Crippen molar-refractivity contribution < 1.29 is 8.42 Å². The number of thioether (sulfide) groups is 1. The number of aromatic nitrogens is 1. The standard InChI is InChI=1S/C17H18N2O2S3/c1-4-22-17-18-15-6-5-13(10-16(15)23-17)19-24(20,21)14-8-11(2)7-12(3)9-14/h5-10,19H,4H2,1-3H3. The Balaban J connectivity index is 1.92. The van der Waals surface area contributed by atoms with Gasteiger partial charge >= 0.3 is 0 Å². The monoisotopic (exact) mass is 378 g/mol. The topological polar surface area (TPSA) is 59.1 Å². The summed E-state index contributed by atoms with van der Waals surface area (Å²) < 4.78 is 29.9. The third-order valence-electron chi connectivity index (χ3n) is 3.39. The lowest BCUT2D eigenvalue weighted by Crippen LogP contribution is -2.13. The van der Waals surface area contributed by atoms with Crippen molar-refractivity contribution in [2.24, 2.45) is 0 Å². The number of hydrogen-bond acceptors (Lipinski definition) is 5. The van der Waals surface area contributed by atoms with E-state index >= 15 is 0 Å². The van der Waals surface area contributed by atoms with Gasteiger partial charge in [0.2, 0.25) is 0 Å². The molecule has 0 bridgehead atoms. The lowest BCUT2D eigenvalue weighted by atomic mass is 10.2. The number of aryl methyl sites for hydroxylation is 2. The zero-order valence-electron chi connectivity index (χ0n) is 13.7. The van der Waals surface area contributed by atoms with Gasteiger partial charge in [-0.1, -0.05) is 24.8 Å². The number of nitrogens with one attached hydrogen (secondary N) is 1. The second-order valence-corrected chi connectivity index (χ2v) is 9.75. The van der Waals surface area contributed by atoms with E-state index in [4.69, 9.17) is 0 Å². The molecule has 0 aliphatic carbocycles. The van der Waals surface area contributed by atoms with Crippen molar-refractivity contribution in [1.82, 2.24) is 4.98 Å². The summed E-state index contributed by atoms with van der Waals surface area (Å²) >= 11 is 3.27. The van der Waals surface area contributed by atoms with Crippen molar-refractivity contribution in [3.05, 3.63) is 47.5 Å². The number of fused-ring (bicyclic) bond motifs is 1. The van der Waals surface area contributed by atoms with Gasteiger partial charge in [-0.05, 0) is 61.1 Å². The molecular formula is C17H18N2O2S3. The number of nitrogens with zero attached hydrogens (tertiary/aromatic N) is 1. The maximum atomic E-state index is 12.6. The zero-order chi connectivity index (χ0) is 17.3. The van der Waals surface area contributed by atoms with Gasteiger partial charge in [0.15, 0.2) is 4.34 Å². The Hall–Kier alpha value is -1.57. The molecule has 4 nitrogen and oxygen atoms in total. The minimum Gasteiger partial charge on any atom is -0.280 e. The quantitative estimate of drug-likeness (QED) is 0.646. The van der Waals surface area contributed by atoms with Crippen molar-refractivity contribution in [3.8, 4) is 0 Å². The predicted octanol–water partition coefficient (Wildman–Crippen LogP) is 4.83. The number of rotatable bonds is 5. The van der Waals surface area contributed by atoms with E-state index in [1.807, 2.05) is 32.0 Å². The molecule has 0 unspecified atom stereocenters. The Labute approximate surface area is 150 Å². The van der Waals surface area contributed by atoms with Crippen LogP contribution in [0.3, 0.4) is 0 Å². The van der Waals surface area contributed by atoms with E-state index in [1.165, 1.54) is 0 Å². The van der Waals surface area contributed by atoms with Crippen LogP contribution >= 0.6 is 23.1 Å². The van der Waals surface area contributed by atoms with E-state index in [9.17, 15) is 8.42 Å². The molecule has 2 aromatic carbocycles. The first-order valence-corrected chi connectivity index (χ1v) is 10.8. The highest BCUT2D eigenvalue weighted by atomic mass is 32.2. The van der Waals surface area contributed by atoms with Crippen LogP contribution in [0.15, 0.2) is 45.6 Å². The second kappa shape index (κ2) is 6.74. The number of hydrogen-bond donors (Lipinski definition) is 1. The molecule has 3 aromatic rings. The number of sulfonamides is 1. The Morgan fingerprint density at radius 2 is 1.83 bits per heavy atom. The summed E-state index contributed by atoms with van der Waals surface area (Å²) in [4.78, 5) is 4.81. The SMILES string of the molecule is CCSc1nc2ccc(NS(=O)(=O)c3cc(C)cc(C)c3)cc2s1. The predicted molar refractivity (Wildman–Crippen MR) is 103 cm³/mol. The summed E-state index contributed by atoms with van der Waals surface area (Å²) in [5, 5.41) is 0. The molecule has 7 heteroatoms. The molecule has 0 saturated heterocycles. The van der Waals surface area contributed by atoms with Crippen molar-refractivity contribution in [2.45, 2.75) is 30.0 Å². The highest BCUT2D eigenvalue weighted by Crippen LogP contribution is 2.31. The molecule has 0 atom stereocenters. The van der Waals surface area contributed by atoms with Gasteiger partial charge in [-0.3, -0.25) is 4.72 Å². The van der Waals surface area contributed by atoms with Crippen LogP contribution in [0.4, 0.5) is 5.69 Å². The molecule has 1 aromatic heterocycles. The molecule has 126 valence electrons. The molecule has 0 fully saturated rings. The molecule has 0 amide bonds. The van der Waals surface area contributed by atoms with Gasteiger partial charge in [-0.25, -0.2) is 13.4 Å². The normalized spacial score (nSPS) is 11.8. The van der Waals surface area contributed by atoms with Gasteiger partial charge in [0, 0.05) is 0 Å². The van der Waals surface area contributed by atoms with E-state index < -0.39 is 10.0 Å². The molecular weight excluding hydrogens is 360 g/mol. The molecule has 3 rings (SSSR count). The fourth-order valence-electron chi connectivity index (χ4n) is 2.45. The highest BCUT2D eigenvalue weighted by molar-refractivity contribution is 8.01. The van der Waals surface area contributed by atoms with Gasteiger partial charge in [0.05, 0.1) is 20.8 Å². The fraction of sp³-hybridized carbons (Fsp3) is 0.235. The minimum absolute atomic E-state index is 0.284. The van der Waals surface area contributed by atoms with Gasteiger partial charge in [-0.2, -0.15) is 0 Å². The Morgan fingerprint density at radius 1 is 1.12 bits per heavy atom. The Bertz CT molecular complexity index is 974. The van der Waals surface area contributed by atoms with E-state index in [2.05, 4.69) is 16.6 Å². The van der Waals surface area contributed by atoms with Crippen LogP contribution in [0.25, 0.3) is 10.2 Å². The van der Waals surface area contributed by atoms with Gasteiger partial charge in [0.1, 0.15) is 0 Å². The molecule has 0 saturated carbocycles. The van der Waals surface area contributed by atoms with Gasteiger partial charge < -0.3 is 0 Å². The third kappa shape index (κ3) is 3.74. The summed E-state index contributed by atoms with van der Waals surface area (Å²) in [6.45, 7) is 5.87. The van der Waals surface area contributed by atoms with E-state index in [0.717, 1.165) is 31.4 Å². The van der Waals surface area contributed by atoms with Gasteiger partial charge in [0.25, 0.3) is 10.0 Å². The van der Waals surface area contributed by atoms with E-state index in [0.29, 0.717) is 5.69 Å². The zero-order valence-corrected chi connectivity index (χ0v) is 16.1. The number of thiazole rings is 1. The van der Waals surface area contributed by atoms with Gasteiger partial charge in [-0.15, -0.1) is 11.3 Å². The van der Waals surface area contributed by atoms with Crippen molar-refractivity contribution >= 4 is 49.0 Å². The number of anilines is 1. The summed E-state index contributed by atoms with van der Waals surface area (Å²) in [7, 11) is -3.60. The largest absolute Gasteiger partial charge is 0.280 e. The molecule has 0 radical (unpaired) electrons. The van der Waals surface area contributed by atoms with Crippen molar-refractivity contribution in [3.63, 3.8) is 0 Å². The maximum Gasteiger partial charge on any atom is 0.261 e. The average Bonchev–Trinajstić information content (AvgIpc) is 2.88. The number of benzene rings is 2. The first-order chi connectivity index (χ1) is 11.4. The fourth-order valence-corrected chi connectivity index (χ4v) is 5.70. The lowest BCUT2D eigenvalue weighted by Gasteiger charge is -2.09. The van der Waals surface area contributed by atoms with Crippen molar-refractivity contribution in [2.75, 3.05) is 10.5 Å². The summed E-state index contributed by atoms with van der Waals surface area (Å²) in [6, 6.07) is 10.8. The summed E-state index contributed by atoms with van der Waals surface area (Å²) in [6.07, 6.45) is 0. The van der Waals surface area contributed by atoms with E-state index in [1.54, 1.807) is 41.3 Å². The molecule has 0 aliphatic heterocycles. The summed E-state index contributed by atoms with van der Waals surface area (Å²) in [5.74, 6) is 0.964. The highest BCUT2D eigenvalue weighted by Gasteiger charge is 2.16. The molecule has 0 spiro atoms. The molecule has 24 heavy (non-hydrogen) atoms. The second-order valence-electron chi connectivity index (χ2n) is 5.52. The van der Waals surface area contributed by atoms with Crippen LogP contribution < -0.4 is 4.72 Å². The minimum atomic E-state index is -3.60. The van der Waals surface area contributed by atoms with Crippen LogP contribution in [-0.2, 0) is 10.0 Å². The Morgan fingerprint density at radius 3 is 2.50 bits per heavy atom. The first kappa shape index (κ1) is 17.3.